The van der Waals surface area contributed by atoms with E-state index in [4.69, 9.17) is 5.48 Å². The lowest BCUT2D eigenvalue weighted by Crippen LogP contribution is -2.40. The van der Waals surface area contributed by atoms with Crippen molar-refractivity contribution in [2.24, 2.45) is 0 Å². The summed E-state index contributed by atoms with van der Waals surface area (Å²) in [6.07, 6.45) is 7.88. The number of aromatic nitrogens is 2. The molecule has 1 unspecified atom stereocenters. The lowest BCUT2D eigenvalue weighted by Gasteiger charge is -2.34. The Morgan fingerprint density at radius 1 is 1.23 bits per heavy atom. The fraction of sp³-hybridized carbons (Fsp3) is 0.318. The molecule has 0 saturated heterocycles. The average molecular weight is 348 g/mol. The van der Waals surface area contributed by atoms with E-state index in [1.807, 2.05) is 31.6 Å². The predicted octanol–water partition coefficient (Wildman–Crippen LogP) is 4.59. The zero-order valence-electron chi connectivity index (χ0n) is 19.2. The number of aryl methyl sites for hydroxylation is 1. The SMILES string of the molecule is [2H]C([2H])([2H])C([2H])(C)N1C=CN(c2c3c(c4ccccc4c2C)Cc2nccn2-3)[C@H]1C. The van der Waals surface area contributed by atoms with Gasteiger partial charge in [0, 0.05) is 41.3 Å². The fourth-order valence-electron chi connectivity index (χ4n) is 4.41. The van der Waals surface area contributed by atoms with Crippen LogP contribution < -0.4 is 4.90 Å². The van der Waals surface area contributed by atoms with Crippen LogP contribution >= 0.6 is 0 Å². The van der Waals surface area contributed by atoms with Crippen molar-refractivity contribution < 1.29 is 5.48 Å². The number of benzene rings is 2. The molecule has 2 aliphatic rings. The first-order valence-electron chi connectivity index (χ1n) is 10.9. The third kappa shape index (κ3) is 1.93. The molecule has 4 nitrogen and oxygen atoms in total. The minimum atomic E-state index is -2.43. The number of nitrogens with zero attached hydrogens (tertiary/aromatic N) is 4. The van der Waals surface area contributed by atoms with Crippen molar-refractivity contribution in [2.45, 2.75) is 46.2 Å². The Bertz CT molecular complexity index is 1190. The van der Waals surface area contributed by atoms with Gasteiger partial charge < -0.3 is 14.4 Å². The van der Waals surface area contributed by atoms with Gasteiger partial charge in [-0.05, 0) is 49.5 Å². The van der Waals surface area contributed by atoms with E-state index in [1.165, 1.54) is 23.3 Å². The molecule has 0 spiro atoms. The van der Waals surface area contributed by atoms with Gasteiger partial charge in [0.2, 0.25) is 0 Å². The van der Waals surface area contributed by atoms with Crippen molar-refractivity contribution in [1.82, 2.24) is 14.5 Å². The van der Waals surface area contributed by atoms with E-state index in [1.54, 1.807) is 11.1 Å². The van der Waals surface area contributed by atoms with E-state index in [-0.39, 0.29) is 6.17 Å². The molecule has 5 rings (SSSR count). The summed E-state index contributed by atoms with van der Waals surface area (Å²) in [6, 6.07) is 6.66. The Morgan fingerprint density at radius 3 is 2.85 bits per heavy atom. The maximum Gasteiger partial charge on any atom is 0.117 e. The smallest absolute Gasteiger partial charge is 0.117 e. The highest BCUT2D eigenvalue weighted by molar-refractivity contribution is 5.99. The number of imidazole rings is 1. The van der Waals surface area contributed by atoms with Gasteiger partial charge in [-0.3, -0.25) is 0 Å². The van der Waals surface area contributed by atoms with Gasteiger partial charge in [0.1, 0.15) is 12.0 Å². The molecule has 0 aliphatic carbocycles. The molecule has 2 atom stereocenters. The second-order valence-electron chi connectivity index (χ2n) is 7.07. The lowest BCUT2D eigenvalue weighted by molar-refractivity contribution is 0.263. The molecule has 26 heavy (non-hydrogen) atoms. The highest BCUT2D eigenvalue weighted by Crippen LogP contribution is 2.45. The Morgan fingerprint density at radius 2 is 2.04 bits per heavy atom. The van der Waals surface area contributed by atoms with Crippen molar-refractivity contribution in [1.29, 1.82) is 0 Å². The van der Waals surface area contributed by atoms with E-state index >= 15 is 0 Å². The second-order valence-corrected chi connectivity index (χ2v) is 7.07. The molecule has 0 saturated carbocycles. The van der Waals surface area contributed by atoms with Crippen LogP contribution in [0.4, 0.5) is 5.69 Å². The summed E-state index contributed by atoms with van der Waals surface area (Å²) in [5.74, 6) is 1.00. The molecule has 2 aliphatic heterocycles. The van der Waals surface area contributed by atoms with Gasteiger partial charge >= 0.3 is 0 Å². The molecule has 0 N–H and O–H groups in total. The standard InChI is InChI=1S/C22H24N4/c1-14(2)24-11-12-25(16(24)4)21-15(3)17-7-5-6-8-18(17)19-13-20-23-9-10-26(20)22(19)21/h5-12,14,16H,13H2,1-4H3/t16-/m0/s1/i1D3,14D/t14?,16-. The van der Waals surface area contributed by atoms with Gasteiger partial charge in [-0.15, -0.1) is 0 Å². The number of hydrogen-bond donors (Lipinski definition) is 0. The van der Waals surface area contributed by atoms with Crippen molar-refractivity contribution >= 4 is 16.5 Å². The molecule has 0 amide bonds. The first-order valence-corrected chi connectivity index (χ1v) is 8.95. The van der Waals surface area contributed by atoms with Crippen LogP contribution in [0.5, 0.6) is 0 Å². The largest absolute Gasteiger partial charge is 0.353 e. The zero-order valence-corrected chi connectivity index (χ0v) is 15.2. The van der Waals surface area contributed by atoms with Gasteiger partial charge in [-0.25, -0.2) is 4.98 Å². The van der Waals surface area contributed by atoms with Crippen LogP contribution in [0.25, 0.3) is 16.5 Å². The first kappa shape index (κ1) is 11.8. The Kier molecular flexibility index (Phi) is 2.43. The van der Waals surface area contributed by atoms with Crippen LogP contribution in [-0.2, 0) is 6.42 Å². The van der Waals surface area contributed by atoms with Crippen molar-refractivity contribution in [3.8, 4) is 5.69 Å². The van der Waals surface area contributed by atoms with Crippen LogP contribution in [0.2, 0.25) is 0 Å². The van der Waals surface area contributed by atoms with Gasteiger partial charge in [-0.2, -0.15) is 0 Å². The fourth-order valence-corrected chi connectivity index (χ4v) is 4.41. The molecule has 3 aromatic rings. The Balaban J connectivity index is 1.71. The van der Waals surface area contributed by atoms with Gasteiger partial charge in [0.25, 0.3) is 0 Å². The Labute approximate surface area is 160 Å². The van der Waals surface area contributed by atoms with E-state index in [2.05, 4.69) is 39.6 Å². The second kappa shape index (κ2) is 5.37. The van der Waals surface area contributed by atoms with Gasteiger partial charge in [0.15, 0.2) is 0 Å². The third-order valence-corrected chi connectivity index (χ3v) is 5.65. The molecule has 0 bridgehead atoms. The van der Waals surface area contributed by atoms with Crippen LogP contribution in [-0.4, -0.2) is 26.6 Å². The summed E-state index contributed by atoms with van der Waals surface area (Å²) in [5, 5.41) is 2.40. The number of fused-ring (bicyclic) bond motifs is 5. The maximum atomic E-state index is 8.56. The molecule has 4 heteroatoms. The molecule has 3 heterocycles. The summed E-state index contributed by atoms with van der Waals surface area (Å²) in [6.45, 7) is 3.08. The minimum absolute atomic E-state index is 0.315. The zero-order chi connectivity index (χ0) is 21.4. The third-order valence-electron chi connectivity index (χ3n) is 5.65. The van der Waals surface area contributed by atoms with Crippen LogP contribution in [0.3, 0.4) is 0 Å². The van der Waals surface area contributed by atoms with E-state index < -0.39 is 12.9 Å². The number of anilines is 1. The van der Waals surface area contributed by atoms with E-state index in [0.717, 1.165) is 29.2 Å². The van der Waals surface area contributed by atoms with Gasteiger partial charge in [0.05, 0.1) is 12.7 Å². The van der Waals surface area contributed by atoms with E-state index in [0.29, 0.717) is 0 Å². The average Bonchev–Trinajstić information content (AvgIpc) is 3.37. The molecule has 0 radical (unpaired) electrons. The predicted molar refractivity (Wildman–Crippen MR) is 107 cm³/mol. The number of hydrogen-bond acceptors (Lipinski definition) is 3. The van der Waals surface area contributed by atoms with Crippen LogP contribution in [0.15, 0.2) is 49.1 Å². The summed E-state index contributed by atoms with van der Waals surface area (Å²) < 4.78 is 34.2. The summed E-state index contributed by atoms with van der Waals surface area (Å²) >= 11 is 0. The lowest BCUT2D eigenvalue weighted by atomic mass is 9.95. The Hall–Kier alpha value is -2.75. The highest BCUT2D eigenvalue weighted by atomic mass is 15.4. The molecular weight excluding hydrogens is 320 g/mol. The highest BCUT2D eigenvalue weighted by Gasteiger charge is 2.33. The quantitative estimate of drug-likeness (QED) is 0.530. The van der Waals surface area contributed by atoms with Gasteiger partial charge in [-0.1, -0.05) is 24.3 Å². The van der Waals surface area contributed by atoms with Crippen molar-refractivity contribution in [3.63, 3.8) is 0 Å². The van der Waals surface area contributed by atoms with Crippen molar-refractivity contribution in [2.75, 3.05) is 4.90 Å². The minimum Gasteiger partial charge on any atom is -0.353 e. The van der Waals surface area contributed by atoms with E-state index in [9.17, 15) is 0 Å². The summed E-state index contributed by atoms with van der Waals surface area (Å²) in [5.41, 5.74) is 4.49. The van der Waals surface area contributed by atoms with Crippen LogP contribution in [0, 0.1) is 6.92 Å². The molecular formula is C22H24N4. The molecule has 1 aromatic heterocycles. The monoisotopic (exact) mass is 348 g/mol. The normalized spacial score (nSPS) is 23.3. The molecule has 2 aromatic carbocycles. The number of rotatable bonds is 2. The summed E-state index contributed by atoms with van der Waals surface area (Å²) in [4.78, 5) is 8.24. The first-order chi connectivity index (χ1) is 14.1. The molecule has 0 fully saturated rings. The van der Waals surface area contributed by atoms with Crippen molar-refractivity contribution in [3.05, 3.63) is 66.0 Å². The molecule has 132 valence electrons. The topological polar surface area (TPSA) is 24.3 Å². The van der Waals surface area contributed by atoms with Crippen LogP contribution in [0.1, 0.15) is 43.1 Å². The maximum absolute atomic E-state index is 8.56. The summed E-state index contributed by atoms with van der Waals surface area (Å²) in [7, 11) is 0.